The Balaban J connectivity index is 1.50. The highest BCUT2D eigenvalue weighted by atomic mass is 16.3. The monoisotopic (exact) mass is 868 g/mol. The molecule has 2 heterocycles. The third-order valence-electron chi connectivity index (χ3n) is 11.9. The van der Waals surface area contributed by atoms with Gasteiger partial charge in [0.05, 0.1) is 28.0 Å². The van der Waals surface area contributed by atoms with E-state index in [1.165, 1.54) is 4.57 Å². The molecule has 9 aromatic rings. The number of phenols is 1. The third-order valence-corrected chi connectivity index (χ3v) is 11.9. The summed E-state index contributed by atoms with van der Waals surface area (Å²) in [5.41, 5.74) is -2.31. The summed E-state index contributed by atoms with van der Waals surface area (Å²) in [6.07, 6.45) is 1.73. The zero-order valence-electron chi connectivity index (χ0n) is 54.5. The lowest BCUT2D eigenvalue weighted by atomic mass is 9.79. The van der Waals surface area contributed by atoms with Crippen LogP contribution in [0.25, 0.3) is 83.9 Å². The summed E-state index contributed by atoms with van der Waals surface area (Å²) < 4.78 is 160. The molecule has 0 amide bonds. The number of aromatic nitrogens is 3. The Kier molecular flexibility index (Phi) is 6.77. The summed E-state index contributed by atoms with van der Waals surface area (Å²) in [6, 6.07) is 48.2. The number of phenolic OH excluding ortho intramolecular Hbond substituents is 1. The molecule has 0 radical (unpaired) electrons. The molecule has 65 heavy (non-hydrogen) atoms. The van der Waals surface area contributed by atoms with E-state index in [0.29, 0.717) is 39.7 Å². The SMILES string of the molecule is [2H]C([2H])([2H])C(c1cc(-c2nc3c(-c4cc(-c5cc(-c6ccc(C)cc6)ccn5)cc(C(C)(C)C)c4)cccc3n2-c2ccc(-c3ccccc3)cc2-c2ccccc2)c(O)c(C(C([2H])([2H])[2H])(C([2H])([2H])[2H])C([2H])([2H])[2H])c1)(C([2H])([2H])[2H])C([2H])([2H])[2H]. The van der Waals surface area contributed by atoms with Gasteiger partial charge in [-0.3, -0.25) is 9.55 Å². The molecule has 0 aliphatic heterocycles. The van der Waals surface area contributed by atoms with E-state index in [9.17, 15) is 5.11 Å². The standard InChI is InChI=1S/C61H59N3O/c1-39-24-26-41(27-25-39)44-30-31-62-53(36-44)46-32-45(33-47(34-46)59(2,3)4)49-22-17-23-55-56(49)63-58(51-37-48(60(5,6)7)38-52(57(51)65)61(8,9)10)64(55)54-29-28-43(40-18-13-11-14-19-40)35-50(54)42-20-15-12-16-21-42/h11-38,65H,1-10H3/i5D3,6D3,7D3,8D3,9D3,10D3. The molecule has 9 rings (SSSR count). The number of hydrogen-bond acceptors (Lipinski definition) is 3. The summed E-state index contributed by atoms with van der Waals surface area (Å²) in [4.78, 5) is 10.0. The van der Waals surface area contributed by atoms with Gasteiger partial charge in [-0.1, -0.05) is 183 Å². The number of aryl methyl sites for hydroxylation is 1. The van der Waals surface area contributed by atoms with Crippen molar-refractivity contribution in [3.05, 3.63) is 192 Å². The van der Waals surface area contributed by atoms with Crippen molar-refractivity contribution in [3.8, 4) is 78.6 Å². The van der Waals surface area contributed by atoms with Crippen molar-refractivity contribution in [2.75, 3.05) is 0 Å². The van der Waals surface area contributed by atoms with Gasteiger partial charge in [-0.25, -0.2) is 4.98 Å². The van der Waals surface area contributed by atoms with Crippen LogP contribution < -0.4 is 0 Å². The van der Waals surface area contributed by atoms with Gasteiger partial charge in [0.15, 0.2) is 0 Å². The average Bonchev–Trinajstić information content (AvgIpc) is 1.84. The summed E-state index contributed by atoms with van der Waals surface area (Å²) in [6.45, 7) is -16.4. The van der Waals surface area contributed by atoms with E-state index >= 15 is 0 Å². The van der Waals surface area contributed by atoms with Crippen molar-refractivity contribution in [2.24, 2.45) is 0 Å². The lowest BCUT2D eigenvalue weighted by Crippen LogP contribution is -2.17. The first-order chi connectivity index (χ1) is 38.4. The first-order valence-corrected chi connectivity index (χ1v) is 21.3. The van der Waals surface area contributed by atoms with Gasteiger partial charge in [-0.2, -0.15) is 0 Å². The maximum absolute atomic E-state index is 13.1. The van der Waals surface area contributed by atoms with E-state index in [4.69, 9.17) is 34.6 Å². The van der Waals surface area contributed by atoms with Crippen molar-refractivity contribution in [1.29, 1.82) is 0 Å². The van der Waals surface area contributed by atoms with E-state index < -0.39 is 85.6 Å². The normalized spacial score (nSPS) is 17.5. The van der Waals surface area contributed by atoms with Crippen LogP contribution in [0.1, 0.15) is 109 Å². The second-order valence-electron chi connectivity index (χ2n) is 17.7. The van der Waals surface area contributed by atoms with Crippen molar-refractivity contribution in [2.45, 2.75) is 85.1 Å². The Bertz CT molecular complexity index is 3810. The lowest BCUT2D eigenvalue weighted by Gasteiger charge is -2.27. The van der Waals surface area contributed by atoms with E-state index in [1.807, 2.05) is 149 Å². The number of nitrogens with zero attached hydrogens (tertiary/aromatic N) is 3. The predicted octanol–water partition coefficient (Wildman–Crippen LogP) is 16.3. The van der Waals surface area contributed by atoms with Gasteiger partial charge in [-0.15, -0.1) is 0 Å². The zero-order chi connectivity index (χ0) is 60.8. The van der Waals surface area contributed by atoms with Gasteiger partial charge >= 0.3 is 0 Å². The summed E-state index contributed by atoms with van der Waals surface area (Å²) in [5, 5.41) is 13.1. The molecule has 0 bridgehead atoms. The highest BCUT2D eigenvalue weighted by molar-refractivity contribution is 5.98. The molecule has 0 fully saturated rings. The molecular weight excluding hydrogens is 791 g/mol. The maximum Gasteiger partial charge on any atom is 0.149 e. The summed E-state index contributed by atoms with van der Waals surface area (Å²) in [7, 11) is 0. The predicted molar refractivity (Wildman–Crippen MR) is 274 cm³/mol. The highest BCUT2D eigenvalue weighted by Crippen LogP contribution is 2.46. The smallest absolute Gasteiger partial charge is 0.149 e. The number of imidazole rings is 1. The van der Waals surface area contributed by atoms with Crippen LogP contribution >= 0.6 is 0 Å². The molecule has 4 heteroatoms. The highest BCUT2D eigenvalue weighted by Gasteiger charge is 2.30. The van der Waals surface area contributed by atoms with Gasteiger partial charge < -0.3 is 5.11 Å². The molecule has 4 nitrogen and oxygen atoms in total. The van der Waals surface area contributed by atoms with Crippen LogP contribution in [0, 0.1) is 6.92 Å². The molecule has 0 spiro atoms. The van der Waals surface area contributed by atoms with Crippen LogP contribution in [0.15, 0.2) is 170 Å². The third kappa shape index (κ3) is 8.54. The molecule has 0 unspecified atom stereocenters. The average molecular weight is 868 g/mol. The minimum Gasteiger partial charge on any atom is -0.507 e. The Hall–Kier alpha value is -7.04. The minimum absolute atomic E-state index is 0.181. The number of benzene rings is 7. The maximum atomic E-state index is 13.1. The lowest BCUT2D eigenvalue weighted by molar-refractivity contribution is 0.446. The van der Waals surface area contributed by atoms with Crippen molar-refractivity contribution in [1.82, 2.24) is 14.5 Å². The van der Waals surface area contributed by atoms with E-state index in [1.54, 1.807) is 36.5 Å². The summed E-state index contributed by atoms with van der Waals surface area (Å²) in [5.74, 6) is -1.77. The van der Waals surface area contributed by atoms with Crippen LogP contribution in [0.2, 0.25) is 0 Å². The van der Waals surface area contributed by atoms with Gasteiger partial charge in [-0.05, 0) is 116 Å². The molecular formula is C61H59N3O. The number of aromatic hydroxyl groups is 1. The number of hydrogen-bond donors (Lipinski definition) is 1. The molecule has 324 valence electrons. The van der Waals surface area contributed by atoms with E-state index in [2.05, 4.69) is 0 Å². The van der Waals surface area contributed by atoms with Crippen molar-refractivity contribution in [3.63, 3.8) is 0 Å². The molecule has 0 atom stereocenters. The second-order valence-corrected chi connectivity index (χ2v) is 17.7. The number of para-hydroxylation sites is 1. The van der Waals surface area contributed by atoms with Gasteiger partial charge in [0, 0.05) is 53.1 Å². The van der Waals surface area contributed by atoms with Crippen LogP contribution in [0.4, 0.5) is 0 Å². The van der Waals surface area contributed by atoms with Crippen LogP contribution in [0.5, 0.6) is 5.75 Å². The first-order valence-electron chi connectivity index (χ1n) is 30.3. The number of fused-ring (bicyclic) bond motifs is 1. The fourth-order valence-corrected chi connectivity index (χ4v) is 8.33. The zero-order valence-corrected chi connectivity index (χ0v) is 36.5. The van der Waals surface area contributed by atoms with E-state index in [0.717, 1.165) is 45.0 Å². The largest absolute Gasteiger partial charge is 0.507 e. The molecule has 0 saturated heterocycles. The van der Waals surface area contributed by atoms with Crippen molar-refractivity contribution >= 4 is 11.0 Å². The number of rotatable bonds is 7. The molecule has 7 aromatic carbocycles. The van der Waals surface area contributed by atoms with Gasteiger partial charge in [0.25, 0.3) is 0 Å². The second kappa shape index (κ2) is 16.5. The van der Waals surface area contributed by atoms with Crippen LogP contribution in [-0.4, -0.2) is 19.6 Å². The molecule has 2 aromatic heterocycles. The van der Waals surface area contributed by atoms with Crippen LogP contribution in [-0.2, 0) is 16.2 Å². The van der Waals surface area contributed by atoms with E-state index in [-0.39, 0.29) is 11.0 Å². The van der Waals surface area contributed by atoms with Crippen molar-refractivity contribution < 1.29 is 29.8 Å². The molecule has 0 saturated carbocycles. The van der Waals surface area contributed by atoms with Gasteiger partial charge in [0.1, 0.15) is 11.6 Å². The molecule has 0 aliphatic carbocycles. The molecule has 1 N–H and O–H groups in total. The Morgan fingerprint density at radius 1 is 0.492 bits per heavy atom. The quantitative estimate of drug-likeness (QED) is 0.174. The summed E-state index contributed by atoms with van der Waals surface area (Å²) >= 11 is 0. The fraction of sp³-hybridized carbons (Fsp3) is 0.213. The first kappa shape index (κ1) is 26.7. The Morgan fingerprint density at radius 2 is 1.12 bits per heavy atom. The Labute approximate surface area is 410 Å². The Morgan fingerprint density at radius 3 is 1.82 bits per heavy atom. The van der Waals surface area contributed by atoms with Gasteiger partial charge in [0.2, 0.25) is 0 Å². The fourth-order valence-electron chi connectivity index (χ4n) is 8.33. The molecule has 0 aliphatic rings. The minimum atomic E-state index is -4.14. The topological polar surface area (TPSA) is 50.9 Å². The number of pyridine rings is 1. The van der Waals surface area contributed by atoms with Crippen LogP contribution in [0.3, 0.4) is 0 Å².